The van der Waals surface area contributed by atoms with E-state index in [4.69, 9.17) is 14.9 Å². The van der Waals surface area contributed by atoms with E-state index in [0.717, 1.165) is 0 Å². The molecule has 0 aromatic carbocycles. The number of hydrogen-bond donors (Lipinski definition) is 3. The third-order valence-corrected chi connectivity index (χ3v) is 1.56. The van der Waals surface area contributed by atoms with Crippen molar-refractivity contribution in [2.45, 2.75) is 13.2 Å². The Kier molecular flexibility index (Phi) is 5.39. The highest BCUT2D eigenvalue weighted by Gasteiger charge is 2.13. The zero-order valence-corrected chi connectivity index (χ0v) is 8.11. The van der Waals surface area contributed by atoms with E-state index >= 15 is 0 Å². The number of rotatable bonds is 6. The molecule has 0 aliphatic carbocycles. The van der Waals surface area contributed by atoms with Gasteiger partial charge in [0.05, 0.1) is 13.2 Å². The van der Waals surface area contributed by atoms with Crippen molar-refractivity contribution in [3.05, 3.63) is 12.2 Å². The standard InChI is InChI=1S/C6H13O6P/c1-5(2)6(7)11-3-4-12-13(8,9)10/h6-7H,1,3-4H2,2H3,(H2,8,9,10). The molecule has 0 fully saturated rings. The molecule has 0 saturated carbocycles. The molecule has 0 aromatic heterocycles. The molecule has 7 heteroatoms. The fourth-order valence-corrected chi connectivity index (χ4v) is 0.771. The van der Waals surface area contributed by atoms with Gasteiger partial charge in [-0.1, -0.05) is 6.58 Å². The summed E-state index contributed by atoms with van der Waals surface area (Å²) < 4.78 is 18.9. The fraction of sp³-hybridized carbons (Fsp3) is 0.667. The average Bonchev–Trinajstić information content (AvgIpc) is 1.95. The van der Waals surface area contributed by atoms with Crippen LogP contribution >= 0.6 is 7.82 Å². The van der Waals surface area contributed by atoms with Crippen molar-refractivity contribution in [1.29, 1.82) is 0 Å². The zero-order valence-electron chi connectivity index (χ0n) is 7.21. The zero-order chi connectivity index (χ0) is 10.5. The van der Waals surface area contributed by atoms with E-state index in [9.17, 15) is 4.57 Å². The number of hydrogen-bond acceptors (Lipinski definition) is 4. The molecule has 78 valence electrons. The number of aliphatic hydroxyl groups excluding tert-OH is 1. The van der Waals surface area contributed by atoms with Gasteiger partial charge >= 0.3 is 7.82 Å². The van der Waals surface area contributed by atoms with Crippen LogP contribution in [-0.4, -0.2) is 34.4 Å². The van der Waals surface area contributed by atoms with E-state index < -0.39 is 14.1 Å². The molecule has 1 atom stereocenters. The molecule has 0 aromatic rings. The predicted octanol–water partition coefficient (Wildman–Crippen LogP) is 0.00680. The van der Waals surface area contributed by atoms with Gasteiger partial charge in [-0.3, -0.25) is 4.52 Å². The Morgan fingerprint density at radius 2 is 2.08 bits per heavy atom. The van der Waals surface area contributed by atoms with E-state index in [2.05, 4.69) is 15.8 Å². The summed E-state index contributed by atoms with van der Waals surface area (Å²) in [6.07, 6.45) is -1.12. The van der Waals surface area contributed by atoms with Gasteiger partial charge in [-0.25, -0.2) is 4.57 Å². The maximum absolute atomic E-state index is 10.1. The van der Waals surface area contributed by atoms with E-state index in [0.29, 0.717) is 5.57 Å². The summed E-state index contributed by atoms with van der Waals surface area (Å²) in [7, 11) is -4.43. The molecule has 3 N–H and O–H groups in total. The highest BCUT2D eigenvalue weighted by atomic mass is 31.2. The molecular weight excluding hydrogens is 199 g/mol. The number of aliphatic hydroxyl groups is 1. The summed E-state index contributed by atoms with van der Waals surface area (Å²) in [4.78, 5) is 16.5. The van der Waals surface area contributed by atoms with Crippen molar-refractivity contribution >= 4 is 7.82 Å². The van der Waals surface area contributed by atoms with Crippen LogP contribution < -0.4 is 0 Å². The van der Waals surface area contributed by atoms with Crippen molar-refractivity contribution in [2.24, 2.45) is 0 Å². The predicted molar refractivity (Wildman–Crippen MR) is 44.8 cm³/mol. The molecule has 0 aliphatic rings. The molecule has 0 amide bonds. The Bertz CT molecular complexity index is 209. The summed E-state index contributed by atoms with van der Waals surface area (Å²) in [5.41, 5.74) is 0.413. The van der Waals surface area contributed by atoms with Gasteiger partial charge in [0.15, 0.2) is 6.29 Å². The molecule has 0 bridgehead atoms. The van der Waals surface area contributed by atoms with Gasteiger partial charge in [-0.05, 0) is 12.5 Å². The maximum atomic E-state index is 10.1. The molecule has 0 aliphatic heterocycles. The monoisotopic (exact) mass is 212 g/mol. The average molecular weight is 212 g/mol. The molecule has 0 heterocycles. The molecule has 0 saturated heterocycles. The van der Waals surface area contributed by atoms with Crippen LogP contribution in [-0.2, 0) is 13.8 Å². The minimum Gasteiger partial charge on any atom is -0.364 e. The minimum absolute atomic E-state index is 0.112. The summed E-state index contributed by atoms with van der Waals surface area (Å²) in [5, 5.41) is 8.98. The minimum atomic E-state index is -4.43. The lowest BCUT2D eigenvalue weighted by atomic mass is 10.3. The lowest BCUT2D eigenvalue weighted by Gasteiger charge is -2.11. The maximum Gasteiger partial charge on any atom is 0.469 e. The summed E-state index contributed by atoms with van der Waals surface area (Å²) in [5.74, 6) is 0. The van der Waals surface area contributed by atoms with Gasteiger partial charge in [0.25, 0.3) is 0 Å². The van der Waals surface area contributed by atoms with Crippen LogP contribution in [0.2, 0.25) is 0 Å². The van der Waals surface area contributed by atoms with E-state index in [1.807, 2.05) is 0 Å². The van der Waals surface area contributed by atoms with Gasteiger partial charge < -0.3 is 19.6 Å². The van der Waals surface area contributed by atoms with Crippen LogP contribution in [0.15, 0.2) is 12.2 Å². The first-order chi connectivity index (χ1) is 5.83. The van der Waals surface area contributed by atoms with Crippen LogP contribution in [0.1, 0.15) is 6.92 Å². The van der Waals surface area contributed by atoms with Gasteiger partial charge in [0.1, 0.15) is 0 Å². The SMILES string of the molecule is C=C(C)C(O)OCCOP(=O)(O)O. The second-order valence-electron chi connectivity index (χ2n) is 2.39. The first kappa shape index (κ1) is 12.8. The quantitative estimate of drug-likeness (QED) is 0.248. The summed E-state index contributed by atoms with van der Waals surface area (Å²) in [6.45, 7) is 4.58. The van der Waals surface area contributed by atoms with Crippen molar-refractivity contribution in [3.8, 4) is 0 Å². The Labute approximate surface area is 76.0 Å². The molecule has 0 rings (SSSR count). The van der Waals surface area contributed by atoms with Crippen LogP contribution in [0.3, 0.4) is 0 Å². The van der Waals surface area contributed by atoms with Crippen LogP contribution in [0.25, 0.3) is 0 Å². The van der Waals surface area contributed by atoms with Crippen molar-refractivity contribution in [2.75, 3.05) is 13.2 Å². The number of ether oxygens (including phenoxy) is 1. The molecule has 0 radical (unpaired) electrons. The van der Waals surface area contributed by atoms with Crippen molar-refractivity contribution < 1.29 is 28.7 Å². The second-order valence-corrected chi connectivity index (χ2v) is 3.63. The summed E-state index contributed by atoms with van der Waals surface area (Å²) >= 11 is 0. The second kappa shape index (κ2) is 5.49. The van der Waals surface area contributed by atoms with Crippen molar-refractivity contribution in [1.82, 2.24) is 0 Å². The number of phosphoric ester groups is 1. The lowest BCUT2D eigenvalue weighted by Crippen LogP contribution is -2.15. The van der Waals surface area contributed by atoms with Crippen LogP contribution in [0.5, 0.6) is 0 Å². The van der Waals surface area contributed by atoms with Crippen LogP contribution in [0.4, 0.5) is 0 Å². The van der Waals surface area contributed by atoms with Gasteiger partial charge in [0, 0.05) is 0 Å². The third-order valence-electron chi connectivity index (χ3n) is 1.04. The molecular formula is C6H13O6P. The Balaban J connectivity index is 3.47. The van der Waals surface area contributed by atoms with Gasteiger partial charge in [0.2, 0.25) is 0 Å². The molecule has 13 heavy (non-hydrogen) atoms. The van der Waals surface area contributed by atoms with Gasteiger partial charge in [-0.15, -0.1) is 0 Å². The first-order valence-electron chi connectivity index (χ1n) is 3.48. The van der Waals surface area contributed by atoms with E-state index in [1.165, 1.54) is 0 Å². The largest absolute Gasteiger partial charge is 0.469 e. The van der Waals surface area contributed by atoms with Gasteiger partial charge in [-0.2, -0.15) is 0 Å². The Morgan fingerprint density at radius 1 is 1.54 bits per heavy atom. The number of phosphoric acid groups is 1. The third kappa shape index (κ3) is 8.11. The Morgan fingerprint density at radius 3 is 2.46 bits per heavy atom. The molecule has 0 spiro atoms. The highest BCUT2D eigenvalue weighted by Crippen LogP contribution is 2.35. The van der Waals surface area contributed by atoms with E-state index in [1.54, 1.807) is 6.92 Å². The fourth-order valence-electron chi connectivity index (χ4n) is 0.458. The smallest absolute Gasteiger partial charge is 0.364 e. The normalized spacial score (nSPS) is 14.2. The first-order valence-corrected chi connectivity index (χ1v) is 5.01. The molecule has 6 nitrogen and oxygen atoms in total. The summed E-state index contributed by atoms with van der Waals surface area (Å²) in [6, 6.07) is 0. The highest BCUT2D eigenvalue weighted by molar-refractivity contribution is 7.46. The Hall–Kier alpha value is -0.230. The van der Waals surface area contributed by atoms with E-state index in [-0.39, 0.29) is 13.2 Å². The van der Waals surface area contributed by atoms with Crippen molar-refractivity contribution in [3.63, 3.8) is 0 Å². The topological polar surface area (TPSA) is 96.2 Å². The molecule has 1 unspecified atom stereocenters. The van der Waals surface area contributed by atoms with Crippen LogP contribution in [0, 0.1) is 0 Å². The lowest BCUT2D eigenvalue weighted by molar-refractivity contribution is -0.0802.